The first kappa shape index (κ1) is 13.2. The summed E-state index contributed by atoms with van der Waals surface area (Å²) in [6, 6.07) is 6.97. The molecular weight excluding hydrogens is 295 g/mol. The molecule has 0 saturated heterocycles. The first-order valence-corrected chi connectivity index (χ1v) is 6.44. The van der Waals surface area contributed by atoms with Crippen molar-refractivity contribution in [1.82, 2.24) is 10.3 Å². The van der Waals surface area contributed by atoms with Gasteiger partial charge in [0.25, 0.3) is 0 Å². The topological polar surface area (TPSA) is 24.9 Å². The van der Waals surface area contributed by atoms with Crippen molar-refractivity contribution in [2.75, 3.05) is 7.05 Å². The smallest absolute Gasteiger partial charge is 0.123 e. The van der Waals surface area contributed by atoms with Gasteiger partial charge in [-0.1, -0.05) is 6.07 Å². The summed E-state index contributed by atoms with van der Waals surface area (Å²) >= 11 is 3.40. The van der Waals surface area contributed by atoms with Crippen molar-refractivity contribution in [3.8, 4) is 0 Å². The van der Waals surface area contributed by atoms with Crippen LogP contribution in [0.25, 0.3) is 0 Å². The van der Waals surface area contributed by atoms with Crippen LogP contribution >= 0.6 is 15.9 Å². The Morgan fingerprint density at radius 1 is 1.17 bits per heavy atom. The molecule has 4 heteroatoms. The van der Waals surface area contributed by atoms with Crippen LogP contribution in [0.3, 0.4) is 0 Å². The molecule has 0 amide bonds. The van der Waals surface area contributed by atoms with E-state index in [-0.39, 0.29) is 11.9 Å². The molecule has 1 N–H and O–H groups in total. The Bertz CT molecular complexity index is 537. The number of pyridine rings is 1. The molecule has 0 saturated carbocycles. The molecular formula is C14H14BrFN2. The Labute approximate surface area is 114 Å². The molecule has 2 nitrogen and oxygen atoms in total. The monoisotopic (exact) mass is 308 g/mol. The second-order valence-corrected chi connectivity index (χ2v) is 5.14. The van der Waals surface area contributed by atoms with Gasteiger partial charge in [0.1, 0.15) is 5.82 Å². The molecule has 1 unspecified atom stereocenters. The molecule has 2 aromatic rings. The van der Waals surface area contributed by atoms with Gasteiger partial charge in [0.2, 0.25) is 0 Å². The van der Waals surface area contributed by atoms with E-state index >= 15 is 0 Å². The molecule has 0 bridgehead atoms. The summed E-state index contributed by atoms with van der Waals surface area (Å²) in [6.07, 6.45) is 3.51. The molecule has 0 aliphatic carbocycles. The minimum absolute atomic E-state index is 0.0654. The lowest BCUT2D eigenvalue weighted by molar-refractivity contribution is 0.615. The Balaban J connectivity index is 2.45. The number of rotatable bonds is 3. The zero-order chi connectivity index (χ0) is 13.1. The summed E-state index contributed by atoms with van der Waals surface area (Å²) in [4.78, 5) is 4.14. The molecule has 94 valence electrons. The third-order valence-electron chi connectivity index (χ3n) is 2.75. The van der Waals surface area contributed by atoms with Crippen molar-refractivity contribution in [3.05, 3.63) is 63.6 Å². The number of halogens is 2. The van der Waals surface area contributed by atoms with Gasteiger partial charge < -0.3 is 5.32 Å². The molecule has 0 fully saturated rings. The number of hydrogen-bond donors (Lipinski definition) is 1. The maximum Gasteiger partial charge on any atom is 0.123 e. The first-order chi connectivity index (χ1) is 8.60. The van der Waals surface area contributed by atoms with Gasteiger partial charge in [-0.3, -0.25) is 4.98 Å². The van der Waals surface area contributed by atoms with Gasteiger partial charge in [0.15, 0.2) is 0 Å². The lowest BCUT2D eigenvalue weighted by Gasteiger charge is -2.17. The number of nitrogens with one attached hydrogen (secondary N) is 1. The number of nitrogens with zero attached hydrogens (tertiary/aromatic N) is 1. The number of aryl methyl sites for hydroxylation is 1. The van der Waals surface area contributed by atoms with Crippen molar-refractivity contribution in [2.45, 2.75) is 13.0 Å². The highest BCUT2D eigenvalue weighted by Gasteiger charge is 2.13. The summed E-state index contributed by atoms with van der Waals surface area (Å²) in [6.45, 7) is 1.89. The van der Waals surface area contributed by atoms with E-state index in [1.807, 2.05) is 26.1 Å². The van der Waals surface area contributed by atoms with E-state index in [0.717, 1.165) is 21.2 Å². The zero-order valence-electron chi connectivity index (χ0n) is 10.2. The van der Waals surface area contributed by atoms with Gasteiger partial charge in [-0.25, -0.2) is 4.39 Å². The molecule has 1 heterocycles. The minimum Gasteiger partial charge on any atom is -0.309 e. The summed E-state index contributed by atoms with van der Waals surface area (Å²) in [5, 5.41) is 3.19. The van der Waals surface area contributed by atoms with Crippen LogP contribution in [0.4, 0.5) is 4.39 Å². The molecule has 0 aliphatic heterocycles. The van der Waals surface area contributed by atoms with Crippen LogP contribution in [0.5, 0.6) is 0 Å². The van der Waals surface area contributed by atoms with Crippen LogP contribution in [-0.4, -0.2) is 12.0 Å². The highest BCUT2D eigenvalue weighted by molar-refractivity contribution is 9.10. The Hall–Kier alpha value is -1.26. The number of benzene rings is 1. The maximum atomic E-state index is 13.5. The molecule has 1 aromatic heterocycles. The Morgan fingerprint density at radius 2 is 1.94 bits per heavy atom. The first-order valence-electron chi connectivity index (χ1n) is 5.65. The average molecular weight is 309 g/mol. The van der Waals surface area contributed by atoms with Crippen LogP contribution in [-0.2, 0) is 0 Å². The lowest BCUT2D eigenvalue weighted by atomic mass is 9.98. The van der Waals surface area contributed by atoms with Gasteiger partial charge in [0, 0.05) is 16.9 Å². The van der Waals surface area contributed by atoms with E-state index in [1.165, 1.54) is 6.07 Å². The molecule has 18 heavy (non-hydrogen) atoms. The van der Waals surface area contributed by atoms with Gasteiger partial charge >= 0.3 is 0 Å². The highest BCUT2D eigenvalue weighted by atomic mass is 79.9. The summed E-state index contributed by atoms with van der Waals surface area (Å²) in [5.41, 5.74) is 2.81. The standard InChI is InChI=1S/C14H14BrFN2/c1-9-3-10(6-13(16)4-9)14(17-2)11-5-12(15)8-18-7-11/h3-8,14,17H,1-2H3. The second-order valence-electron chi connectivity index (χ2n) is 4.22. The Morgan fingerprint density at radius 3 is 2.56 bits per heavy atom. The van der Waals surface area contributed by atoms with Crippen LogP contribution in [0.2, 0.25) is 0 Å². The van der Waals surface area contributed by atoms with E-state index in [9.17, 15) is 4.39 Å². The second kappa shape index (κ2) is 5.59. The third-order valence-corrected chi connectivity index (χ3v) is 3.18. The van der Waals surface area contributed by atoms with Crippen LogP contribution < -0.4 is 5.32 Å². The van der Waals surface area contributed by atoms with Gasteiger partial charge in [-0.2, -0.15) is 0 Å². The van der Waals surface area contributed by atoms with Gasteiger partial charge in [-0.05, 0) is 64.8 Å². The lowest BCUT2D eigenvalue weighted by Crippen LogP contribution is -2.18. The number of hydrogen-bond acceptors (Lipinski definition) is 2. The fourth-order valence-electron chi connectivity index (χ4n) is 2.04. The predicted molar refractivity (Wildman–Crippen MR) is 74.0 cm³/mol. The van der Waals surface area contributed by atoms with Gasteiger partial charge in [0.05, 0.1) is 6.04 Å². The SMILES string of the molecule is CNC(c1cc(C)cc(F)c1)c1cncc(Br)c1. The zero-order valence-corrected chi connectivity index (χ0v) is 11.8. The summed E-state index contributed by atoms with van der Waals surface area (Å²) in [7, 11) is 1.85. The molecule has 1 atom stereocenters. The van der Waals surface area contributed by atoms with E-state index in [0.29, 0.717) is 0 Å². The highest BCUT2D eigenvalue weighted by Crippen LogP contribution is 2.24. The van der Waals surface area contributed by atoms with E-state index in [4.69, 9.17) is 0 Å². The van der Waals surface area contributed by atoms with E-state index < -0.39 is 0 Å². The van der Waals surface area contributed by atoms with Crippen molar-refractivity contribution < 1.29 is 4.39 Å². The van der Waals surface area contributed by atoms with Crippen LogP contribution in [0, 0.1) is 12.7 Å². The van der Waals surface area contributed by atoms with Crippen LogP contribution in [0.1, 0.15) is 22.7 Å². The average Bonchev–Trinajstić information content (AvgIpc) is 2.28. The summed E-state index contributed by atoms with van der Waals surface area (Å²) < 4.78 is 14.4. The molecule has 0 radical (unpaired) electrons. The van der Waals surface area contributed by atoms with Crippen LogP contribution in [0.15, 0.2) is 41.1 Å². The van der Waals surface area contributed by atoms with E-state index in [2.05, 4.69) is 26.2 Å². The third kappa shape index (κ3) is 2.94. The predicted octanol–water partition coefficient (Wildman–Crippen LogP) is 3.60. The maximum absolute atomic E-state index is 13.5. The molecule has 0 aliphatic rings. The van der Waals surface area contributed by atoms with Crippen molar-refractivity contribution in [3.63, 3.8) is 0 Å². The fraction of sp³-hybridized carbons (Fsp3) is 0.214. The van der Waals surface area contributed by atoms with Crippen molar-refractivity contribution >= 4 is 15.9 Å². The largest absolute Gasteiger partial charge is 0.309 e. The molecule has 1 aromatic carbocycles. The van der Waals surface area contributed by atoms with Crippen molar-refractivity contribution in [2.24, 2.45) is 0 Å². The Kier molecular flexibility index (Phi) is 4.09. The normalized spacial score (nSPS) is 12.4. The van der Waals surface area contributed by atoms with E-state index in [1.54, 1.807) is 18.5 Å². The minimum atomic E-state index is -0.215. The fourth-order valence-corrected chi connectivity index (χ4v) is 2.43. The summed E-state index contributed by atoms with van der Waals surface area (Å²) in [5.74, 6) is -0.215. The number of aromatic nitrogens is 1. The van der Waals surface area contributed by atoms with Crippen molar-refractivity contribution in [1.29, 1.82) is 0 Å². The quantitative estimate of drug-likeness (QED) is 0.937. The molecule has 2 rings (SSSR count). The molecule has 0 spiro atoms. The van der Waals surface area contributed by atoms with Gasteiger partial charge in [-0.15, -0.1) is 0 Å².